The van der Waals surface area contributed by atoms with Gasteiger partial charge < -0.3 is 5.32 Å². The molecule has 2 aromatic carbocycles. The van der Waals surface area contributed by atoms with E-state index >= 15 is 0 Å². The second-order valence-corrected chi connectivity index (χ2v) is 8.14. The number of nitrogens with zero attached hydrogens (tertiary/aromatic N) is 2. The normalized spacial score (nSPS) is 12.0. The van der Waals surface area contributed by atoms with E-state index in [1.165, 1.54) is 29.5 Å². The molecule has 3 rings (SSSR count). The molecule has 0 aliphatic heterocycles. The molecule has 0 aliphatic rings. The van der Waals surface area contributed by atoms with Gasteiger partial charge in [-0.25, -0.2) is 4.98 Å². The van der Waals surface area contributed by atoms with E-state index in [2.05, 4.69) is 17.4 Å². The molecule has 0 radical (unpaired) electrons. The average Bonchev–Trinajstić information content (AvgIpc) is 2.64. The van der Waals surface area contributed by atoms with Crippen molar-refractivity contribution in [1.29, 1.82) is 0 Å². The van der Waals surface area contributed by atoms with Crippen LogP contribution in [0.3, 0.4) is 0 Å². The highest BCUT2D eigenvalue weighted by atomic mass is 32.2. The summed E-state index contributed by atoms with van der Waals surface area (Å²) >= 11 is 1.38. The lowest BCUT2D eigenvalue weighted by molar-refractivity contribution is -0.384. The molecule has 1 atom stereocenters. The lowest BCUT2D eigenvalue weighted by Crippen LogP contribution is -2.23. The number of carbonyl (C=O) groups excluding carboxylic acids is 1. The molecule has 0 aliphatic carbocycles. The van der Waals surface area contributed by atoms with Crippen LogP contribution in [0.5, 0.6) is 0 Å². The van der Waals surface area contributed by atoms with Gasteiger partial charge >= 0.3 is 0 Å². The smallest absolute Gasteiger partial charge is 0.271 e. The molecule has 0 unspecified atom stereocenters. The molecule has 0 fully saturated rings. The maximum Gasteiger partial charge on any atom is 0.271 e. The highest BCUT2D eigenvalue weighted by molar-refractivity contribution is 8.00. The van der Waals surface area contributed by atoms with Gasteiger partial charge in [0.2, 0.25) is 5.91 Å². The van der Waals surface area contributed by atoms with Crippen LogP contribution in [0.2, 0.25) is 0 Å². The van der Waals surface area contributed by atoms with E-state index in [0.717, 1.165) is 27.1 Å². The number of hydrogen-bond donors (Lipinski definition) is 1. The number of nitro benzene ring substituents is 1. The summed E-state index contributed by atoms with van der Waals surface area (Å²) in [6.07, 6.45) is 0. The summed E-state index contributed by atoms with van der Waals surface area (Å²) in [5, 5.41) is 15.2. The van der Waals surface area contributed by atoms with Crippen LogP contribution in [0.15, 0.2) is 47.5 Å². The van der Waals surface area contributed by atoms with Gasteiger partial charge in [-0.3, -0.25) is 14.9 Å². The first-order chi connectivity index (χ1) is 13.2. The summed E-state index contributed by atoms with van der Waals surface area (Å²) in [6, 6.07) is 12.6. The zero-order valence-corrected chi connectivity index (χ0v) is 17.0. The second-order valence-electron chi connectivity index (χ2n) is 6.81. The second kappa shape index (κ2) is 7.98. The van der Waals surface area contributed by atoms with Gasteiger partial charge in [0.15, 0.2) is 0 Å². The van der Waals surface area contributed by atoms with Crippen LogP contribution in [0.25, 0.3) is 10.9 Å². The molecule has 0 saturated heterocycles. The summed E-state index contributed by atoms with van der Waals surface area (Å²) in [5.41, 5.74) is 4.24. The fraction of sp³-hybridized carbons (Fsp3) is 0.238. The molecule has 6 nitrogen and oxygen atoms in total. The van der Waals surface area contributed by atoms with E-state index in [-0.39, 0.29) is 11.6 Å². The van der Waals surface area contributed by atoms with Crippen molar-refractivity contribution in [3.8, 4) is 0 Å². The van der Waals surface area contributed by atoms with Gasteiger partial charge in [-0.2, -0.15) is 0 Å². The SMILES string of the molecule is Cc1ccc2nc(S[C@H](C)C(=O)Nc3cc([N+](=O)[O-])ccc3C)c(C)cc2c1. The van der Waals surface area contributed by atoms with Crippen molar-refractivity contribution in [2.24, 2.45) is 0 Å². The van der Waals surface area contributed by atoms with Crippen LogP contribution in [0, 0.1) is 30.9 Å². The maximum atomic E-state index is 12.6. The van der Waals surface area contributed by atoms with Crippen LogP contribution >= 0.6 is 11.8 Å². The van der Waals surface area contributed by atoms with E-state index in [4.69, 9.17) is 4.98 Å². The Hall–Kier alpha value is -2.93. The Balaban J connectivity index is 1.78. The first-order valence-corrected chi connectivity index (χ1v) is 9.73. The van der Waals surface area contributed by atoms with Gasteiger partial charge in [-0.05, 0) is 57.0 Å². The van der Waals surface area contributed by atoms with Crippen molar-refractivity contribution in [2.45, 2.75) is 38.0 Å². The number of nitro groups is 1. The quantitative estimate of drug-likeness (QED) is 0.365. The minimum atomic E-state index is -0.475. The molecule has 7 heteroatoms. The molecule has 3 aromatic rings. The number of non-ortho nitro benzene ring substituents is 1. The monoisotopic (exact) mass is 395 g/mol. The number of fused-ring (bicyclic) bond motifs is 1. The molecule has 0 saturated carbocycles. The Morgan fingerprint density at radius 2 is 1.86 bits per heavy atom. The number of benzene rings is 2. The minimum absolute atomic E-state index is 0.0523. The van der Waals surface area contributed by atoms with Crippen LogP contribution in [-0.2, 0) is 4.79 Å². The van der Waals surface area contributed by atoms with Crippen molar-refractivity contribution in [3.63, 3.8) is 0 Å². The first kappa shape index (κ1) is 19.8. The Bertz CT molecular complexity index is 1080. The van der Waals surface area contributed by atoms with Crippen LogP contribution in [0.4, 0.5) is 11.4 Å². The number of carbonyl (C=O) groups is 1. The van der Waals surface area contributed by atoms with Gasteiger partial charge in [-0.1, -0.05) is 29.5 Å². The maximum absolute atomic E-state index is 12.6. The summed E-state index contributed by atoms with van der Waals surface area (Å²) in [4.78, 5) is 27.8. The van der Waals surface area contributed by atoms with E-state index in [9.17, 15) is 14.9 Å². The Morgan fingerprint density at radius 1 is 1.11 bits per heavy atom. The number of amides is 1. The van der Waals surface area contributed by atoms with Crippen molar-refractivity contribution in [2.75, 3.05) is 5.32 Å². The third-order valence-corrected chi connectivity index (χ3v) is 5.67. The number of aryl methyl sites for hydroxylation is 3. The number of pyridine rings is 1. The number of nitrogens with one attached hydrogen (secondary N) is 1. The highest BCUT2D eigenvalue weighted by Gasteiger charge is 2.19. The highest BCUT2D eigenvalue weighted by Crippen LogP contribution is 2.29. The third kappa shape index (κ3) is 4.31. The number of anilines is 1. The fourth-order valence-electron chi connectivity index (χ4n) is 2.82. The third-order valence-electron chi connectivity index (χ3n) is 4.46. The minimum Gasteiger partial charge on any atom is -0.325 e. The molecular weight excluding hydrogens is 374 g/mol. The summed E-state index contributed by atoms with van der Waals surface area (Å²) in [5.74, 6) is -0.223. The van der Waals surface area contributed by atoms with Crippen LogP contribution in [0.1, 0.15) is 23.6 Å². The molecule has 1 N–H and O–H groups in total. The number of rotatable bonds is 5. The largest absolute Gasteiger partial charge is 0.325 e. The van der Waals surface area contributed by atoms with Gasteiger partial charge in [0.25, 0.3) is 5.69 Å². The summed E-state index contributed by atoms with van der Waals surface area (Å²) < 4.78 is 0. The lowest BCUT2D eigenvalue weighted by atomic mass is 10.1. The first-order valence-electron chi connectivity index (χ1n) is 8.85. The topological polar surface area (TPSA) is 85.1 Å². The zero-order chi connectivity index (χ0) is 20.4. The van der Waals surface area contributed by atoms with E-state index in [1.807, 2.05) is 26.0 Å². The van der Waals surface area contributed by atoms with Crippen molar-refractivity contribution < 1.29 is 9.72 Å². The molecule has 28 heavy (non-hydrogen) atoms. The number of thioether (sulfide) groups is 1. The lowest BCUT2D eigenvalue weighted by Gasteiger charge is -2.15. The van der Waals surface area contributed by atoms with E-state index in [1.54, 1.807) is 19.9 Å². The summed E-state index contributed by atoms with van der Waals surface area (Å²) in [6.45, 7) is 7.62. The standard InChI is InChI=1S/C21H21N3O3S/c1-12-5-8-18-16(9-12)10-14(3)21(23-18)28-15(4)20(25)22-19-11-17(24(26)27)7-6-13(19)2/h5-11,15H,1-4H3,(H,22,25)/t15-/m1/s1. The average molecular weight is 395 g/mol. The Labute approximate surface area is 167 Å². The van der Waals surface area contributed by atoms with Crippen molar-refractivity contribution >= 4 is 39.9 Å². The van der Waals surface area contributed by atoms with Gasteiger partial charge in [-0.15, -0.1) is 0 Å². The van der Waals surface area contributed by atoms with Crippen molar-refractivity contribution in [1.82, 2.24) is 4.98 Å². The molecule has 1 aromatic heterocycles. The Kier molecular flexibility index (Phi) is 5.65. The predicted molar refractivity (Wildman–Crippen MR) is 113 cm³/mol. The molecular formula is C21H21N3O3S. The molecule has 0 bridgehead atoms. The van der Waals surface area contributed by atoms with E-state index in [0.29, 0.717) is 5.69 Å². The predicted octanol–water partition coefficient (Wildman–Crippen LogP) is 5.19. The fourth-order valence-corrected chi connectivity index (χ4v) is 3.71. The number of aromatic nitrogens is 1. The molecule has 0 spiro atoms. The van der Waals surface area contributed by atoms with Gasteiger partial charge in [0.1, 0.15) is 5.03 Å². The van der Waals surface area contributed by atoms with Crippen LogP contribution < -0.4 is 5.32 Å². The number of hydrogen-bond acceptors (Lipinski definition) is 5. The van der Waals surface area contributed by atoms with Gasteiger partial charge in [0.05, 0.1) is 21.4 Å². The Morgan fingerprint density at radius 3 is 2.57 bits per heavy atom. The molecule has 144 valence electrons. The molecule has 1 heterocycles. The molecule has 1 amide bonds. The van der Waals surface area contributed by atoms with E-state index < -0.39 is 10.2 Å². The summed E-state index contributed by atoms with van der Waals surface area (Å²) in [7, 11) is 0. The van der Waals surface area contributed by atoms with Gasteiger partial charge in [0, 0.05) is 17.5 Å². The van der Waals surface area contributed by atoms with Crippen molar-refractivity contribution in [3.05, 3.63) is 69.3 Å². The van der Waals surface area contributed by atoms with Crippen LogP contribution in [-0.4, -0.2) is 21.1 Å². The zero-order valence-electron chi connectivity index (χ0n) is 16.1.